The molecule has 0 saturated heterocycles. The standard InChI is InChI=1S/C7Cl4F2O/c8-2-1(7(11)14)5(12)4(10)6(13)3(2)9. The second-order valence-electron chi connectivity index (χ2n) is 2.22. The maximum absolute atomic E-state index is 13.1. The van der Waals surface area contributed by atoms with Gasteiger partial charge in [-0.05, 0) is 11.6 Å². The third-order valence-electron chi connectivity index (χ3n) is 1.41. The number of carbonyl (C=O) groups is 1. The van der Waals surface area contributed by atoms with Gasteiger partial charge >= 0.3 is 0 Å². The molecule has 0 aromatic heterocycles. The van der Waals surface area contributed by atoms with Gasteiger partial charge in [-0.25, -0.2) is 8.78 Å². The van der Waals surface area contributed by atoms with E-state index in [-0.39, 0.29) is 0 Å². The van der Waals surface area contributed by atoms with Gasteiger partial charge in [0.2, 0.25) is 0 Å². The highest BCUT2D eigenvalue weighted by Gasteiger charge is 2.24. The molecule has 0 aliphatic carbocycles. The van der Waals surface area contributed by atoms with Crippen LogP contribution in [0.2, 0.25) is 15.1 Å². The molecular formula is C7Cl4F2O. The monoisotopic (exact) mass is 278 g/mol. The van der Waals surface area contributed by atoms with E-state index in [4.69, 9.17) is 46.4 Å². The summed E-state index contributed by atoms with van der Waals surface area (Å²) in [6.07, 6.45) is 0. The topological polar surface area (TPSA) is 17.1 Å². The van der Waals surface area contributed by atoms with Crippen LogP contribution < -0.4 is 0 Å². The Bertz CT molecular complexity index is 390. The Balaban J connectivity index is 3.68. The molecule has 0 fully saturated rings. The van der Waals surface area contributed by atoms with Gasteiger partial charge in [0, 0.05) is 0 Å². The molecule has 14 heavy (non-hydrogen) atoms. The number of hydrogen-bond donors (Lipinski definition) is 0. The van der Waals surface area contributed by atoms with Crippen molar-refractivity contribution < 1.29 is 13.6 Å². The zero-order valence-electron chi connectivity index (χ0n) is 6.18. The van der Waals surface area contributed by atoms with E-state index < -0.39 is 37.5 Å². The molecule has 1 rings (SSSR count). The van der Waals surface area contributed by atoms with Crippen LogP contribution in [0.1, 0.15) is 10.4 Å². The summed E-state index contributed by atoms with van der Waals surface area (Å²) >= 11 is 20.9. The van der Waals surface area contributed by atoms with E-state index in [1.807, 2.05) is 0 Å². The minimum atomic E-state index is -1.32. The van der Waals surface area contributed by atoms with Crippen LogP contribution in [0.3, 0.4) is 0 Å². The normalized spacial score (nSPS) is 10.4. The minimum Gasteiger partial charge on any atom is -0.275 e. The van der Waals surface area contributed by atoms with Crippen molar-refractivity contribution in [3.8, 4) is 0 Å². The average molecular weight is 280 g/mol. The van der Waals surface area contributed by atoms with E-state index in [0.29, 0.717) is 0 Å². The second kappa shape index (κ2) is 4.19. The maximum Gasteiger partial charge on any atom is 0.256 e. The van der Waals surface area contributed by atoms with Gasteiger partial charge in [-0.2, -0.15) is 0 Å². The Morgan fingerprint density at radius 2 is 1.43 bits per heavy atom. The molecule has 0 spiro atoms. The summed E-state index contributed by atoms with van der Waals surface area (Å²) in [6, 6.07) is 0. The highest BCUT2D eigenvalue weighted by molar-refractivity contribution is 6.69. The minimum absolute atomic E-state index is 0.592. The third kappa shape index (κ3) is 1.82. The van der Waals surface area contributed by atoms with Crippen molar-refractivity contribution in [1.29, 1.82) is 0 Å². The lowest BCUT2D eigenvalue weighted by atomic mass is 10.2. The molecule has 76 valence electrons. The molecule has 1 aromatic rings. The zero-order chi connectivity index (χ0) is 11.0. The molecule has 0 heterocycles. The molecule has 0 radical (unpaired) electrons. The van der Waals surface area contributed by atoms with Gasteiger partial charge in [-0.1, -0.05) is 34.8 Å². The molecule has 1 aromatic carbocycles. The molecular weight excluding hydrogens is 280 g/mol. The summed E-state index contributed by atoms with van der Waals surface area (Å²) in [5.41, 5.74) is -0.732. The van der Waals surface area contributed by atoms with Crippen LogP contribution in [0.25, 0.3) is 0 Å². The van der Waals surface area contributed by atoms with Gasteiger partial charge in [-0.15, -0.1) is 0 Å². The number of carbonyl (C=O) groups excluding carboxylic acids is 1. The molecule has 0 aliphatic rings. The van der Waals surface area contributed by atoms with E-state index in [1.54, 1.807) is 0 Å². The molecule has 0 amide bonds. The van der Waals surface area contributed by atoms with E-state index >= 15 is 0 Å². The van der Waals surface area contributed by atoms with Crippen molar-refractivity contribution in [2.45, 2.75) is 0 Å². The largest absolute Gasteiger partial charge is 0.275 e. The predicted molar refractivity (Wildman–Crippen MR) is 51.6 cm³/mol. The first kappa shape index (κ1) is 12.0. The summed E-state index contributed by atoms with van der Waals surface area (Å²) in [5.74, 6) is -2.55. The van der Waals surface area contributed by atoms with Crippen LogP contribution in [0.5, 0.6) is 0 Å². The molecule has 0 aliphatic heterocycles. The third-order valence-corrected chi connectivity index (χ3v) is 2.76. The van der Waals surface area contributed by atoms with E-state index in [2.05, 4.69) is 0 Å². The van der Waals surface area contributed by atoms with E-state index in [0.717, 1.165) is 0 Å². The van der Waals surface area contributed by atoms with E-state index in [9.17, 15) is 13.6 Å². The SMILES string of the molecule is O=C(Cl)c1c(F)c(Cl)c(F)c(Cl)c1Cl. The van der Waals surface area contributed by atoms with Gasteiger partial charge in [0.25, 0.3) is 5.24 Å². The number of rotatable bonds is 1. The van der Waals surface area contributed by atoms with Crippen LogP contribution in [-0.2, 0) is 0 Å². The van der Waals surface area contributed by atoms with Gasteiger partial charge in [0.1, 0.15) is 5.02 Å². The second-order valence-corrected chi connectivity index (χ2v) is 3.70. The van der Waals surface area contributed by atoms with Crippen molar-refractivity contribution in [2.24, 2.45) is 0 Å². The van der Waals surface area contributed by atoms with Gasteiger partial charge in [-0.3, -0.25) is 4.79 Å². The molecule has 0 N–H and O–H groups in total. The Morgan fingerprint density at radius 1 is 0.929 bits per heavy atom. The Morgan fingerprint density at radius 3 is 1.86 bits per heavy atom. The fraction of sp³-hybridized carbons (Fsp3) is 0. The van der Waals surface area contributed by atoms with Gasteiger partial charge in [0.15, 0.2) is 11.6 Å². The summed E-state index contributed by atoms with van der Waals surface area (Å²) in [7, 11) is 0. The van der Waals surface area contributed by atoms with Crippen LogP contribution >= 0.6 is 46.4 Å². The lowest BCUT2D eigenvalue weighted by Gasteiger charge is -2.06. The molecule has 1 nitrogen and oxygen atoms in total. The highest BCUT2D eigenvalue weighted by atomic mass is 35.5. The molecule has 0 unspecified atom stereocenters. The number of hydrogen-bond acceptors (Lipinski definition) is 1. The van der Waals surface area contributed by atoms with Crippen LogP contribution in [0, 0.1) is 11.6 Å². The molecule has 7 heteroatoms. The molecule has 0 atom stereocenters. The van der Waals surface area contributed by atoms with Crippen molar-refractivity contribution in [3.05, 3.63) is 32.3 Å². The Labute approximate surface area is 97.5 Å². The van der Waals surface area contributed by atoms with Crippen LogP contribution in [0.4, 0.5) is 8.78 Å². The Kier molecular flexibility index (Phi) is 3.58. The zero-order valence-corrected chi connectivity index (χ0v) is 9.20. The fourth-order valence-corrected chi connectivity index (χ4v) is 1.68. The maximum atomic E-state index is 13.1. The number of halogens is 6. The highest BCUT2D eigenvalue weighted by Crippen LogP contribution is 2.36. The van der Waals surface area contributed by atoms with Crippen molar-refractivity contribution in [2.75, 3.05) is 0 Å². The fourth-order valence-electron chi connectivity index (χ4n) is 0.777. The smallest absolute Gasteiger partial charge is 0.256 e. The molecule has 0 saturated carbocycles. The van der Waals surface area contributed by atoms with E-state index in [1.165, 1.54) is 0 Å². The summed E-state index contributed by atoms with van der Waals surface area (Å²) in [4.78, 5) is 10.7. The lowest BCUT2D eigenvalue weighted by molar-refractivity contribution is 0.107. The summed E-state index contributed by atoms with van der Waals surface area (Å²) in [5, 5.41) is -3.34. The van der Waals surface area contributed by atoms with Gasteiger partial charge in [0.05, 0.1) is 15.6 Å². The first-order chi connectivity index (χ1) is 6.37. The van der Waals surface area contributed by atoms with Crippen molar-refractivity contribution in [1.82, 2.24) is 0 Å². The quantitative estimate of drug-likeness (QED) is 0.425. The first-order valence-electron chi connectivity index (χ1n) is 3.09. The van der Waals surface area contributed by atoms with Gasteiger partial charge < -0.3 is 0 Å². The Hall–Kier alpha value is -0.0900. The average Bonchev–Trinajstić information content (AvgIpc) is 2.11. The van der Waals surface area contributed by atoms with Crippen LogP contribution in [-0.4, -0.2) is 5.24 Å². The van der Waals surface area contributed by atoms with Crippen LogP contribution in [0.15, 0.2) is 0 Å². The van der Waals surface area contributed by atoms with Crippen molar-refractivity contribution >= 4 is 51.6 Å². The first-order valence-corrected chi connectivity index (χ1v) is 4.60. The molecule has 0 bridgehead atoms. The summed E-state index contributed by atoms with van der Waals surface area (Å²) in [6.45, 7) is 0. The predicted octanol–water partition coefficient (Wildman–Crippen LogP) is 4.30. The summed E-state index contributed by atoms with van der Waals surface area (Å²) < 4.78 is 26.1. The number of benzene rings is 1. The lowest BCUT2D eigenvalue weighted by Crippen LogP contribution is -2.00. The van der Waals surface area contributed by atoms with Crippen molar-refractivity contribution in [3.63, 3.8) is 0 Å².